The Morgan fingerprint density at radius 1 is 1.26 bits per heavy atom. The Morgan fingerprint density at radius 3 is 2.59 bits per heavy atom. The summed E-state index contributed by atoms with van der Waals surface area (Å²) in [6.07, 6.45) is -1.07. The number of carbonyl (C=O) groups is 1. The lowest BCUT2D eigenvalue weighted by Crippen LogP contribution is -2.40. The quantitative estimate of drug-likeness (QED) is 0.310. The molecule has 146 valence electrons. The highest BCUT2D eigenvalue weighted by molar-refractivity contribution is 14.1. The van der Waals surface area contributed by atoms with Crippen molar-refractivity contribution in [2.75, 3.05) is 18.5 Å². The number of halogens is 1. The normalized spacial score (nSPS) is 10.6. The number of hydrogen-bond donors (Lipinski definition) is 3. The maximum absolute atomic E-state index is 12.5. The fourth-order valence-corrected chi connectivity index (χ4v) is 2.86. The molecule has 0 saturated heterocycles. The molecular weight excluding hydrogens is 471 g/mol. The van der Waals surface area contributed by atoms with Crippen molar-refractivity contribution in [3.8, 4) is 5.75 Å². The highest BCUT2D eigenvalue weighted by atomic mass is 127. The number of aromatic nitrogens is 2. The smallest absolute Gasteiger partial charge is 0.399 e. The Kier molecular flexibility index (Phi) is 6.98. The summed E-state index contributed by atoms with van der Waals surface area (Å²) < 4.78 is 8.07. The van der Waals surface area contributed by atoms with Crippen LogP contribution in [0, 0.1) is 10.5 Å². The first-order chi connectivity index (χ1) is 12.8. The maximum Gasteiger partial charge on any atom is 0.437 e. The van der Waals surface area contributed by atoms with Gasteiger partial charge in [-0.3, -0.25) is 18.8 Å². The minimum atomic E-state index is -1.07. The Morgan fingerprint density at radius 2 is 1.96 bits per heavy atom. The third-order valence-corrected chi connectivity index (χ3v) is 4.28. The van der Waals surface area contributed by atoms with E-state index in [1.54, 1.807) is 6.07 Å². The number of aryl methyl sites for hydroxylation is 1. The lowest BCUT2D eigenvalue weighted by molar-refractivity contribution is 0.0244. The molecule has 0 aliphatic heterocycles. The number of amides is 1. The number of rotatable bonds is 6. The van der Waals surface area contributed by atoms with E-state index >= 15 is 0 Å². The first kappa shape index (κ1) is 20.9. The number of nitrogens with one attached hydrogen (secondary N) is 2. The van der Waals surface area contributed by atoms with E-state index in [4.69, 9.17) is 9.84 Å². The van der Waals surface area contributed by atoms with Crippen LogP contribution >= 0.6 is 22.6 Å². The molecule has 0 spiro atoms. The van der Waals surface area contributed by atoms with Crippen molar-refractivity contribution in [2.45, 2.75) is 6.92 Å². The summed E-state index contributed by atoms with van der Waals surface area (Å²) in [5.41, 5.74) is 2.07. The van der Waals surface area contributed by atoms with Gasteiger partial charge in [-0.2, -0.15) is 5.48 Å². The summed E-state index contributed by atoms with van der Waals surface area (Å²) in [5, 5.41) is 11.6. The van der Waals surface area contributed by atoms with Gasteiger partial charge in [0.25, 0.3) is 0 Å². The molecule has 0 unspecified atom stereocenters. The van der Waals surface area contributed by atoms with Gasteiger partial charge in [-0.25, -0.2) is 9.59 Å². The molecule has 11 heteroatoms. The molecule has 1 heterocycles. The molecule has 3 N–H and O–H groups in total. The van der Waals surface area contributed by atoms with Gasteiger partial charge < -0.3 is 15.2 Å². The van der Waals surface area contributed by atoms with E-state index in [2.05, 4.69) is 32.7 Å². The molecule has 1 aromatic carbocycles. The number of nitrogens with zero attached hydrogens (tertiary/aromatic N) is 2. The summed E-state index contributed by atoms with van der Waals surface area (Å²) in [4.78, 5) is 41.3. The molecule has 0 aliphatic rings. The zero-order valence-corrected chi connectivity index (χ0v) is 17.1. The van der Waals surface area contributed by atoms with Crippen LogP contribution in [0.5, 0.6) is 5.75 Å². The second kappa shape index (κ2) is 9.01. The van der Waals surface area contributed by atoms with Crippen LogP contribution in [0.4, 0.5) is 16.3 Å². The average molecular weight is 490 g/mol. The van der Waals surface area contributed by atoms with E-state index in [1.165, 1.54) is 14.1 Å². The first-order valence-electron chi connectivity index (χ1n) is 7.80. The SMILES string of the molecule is Cc1cc(I)ccc1Nc1c(OC(=O)NOCCO)c(=O)n(C)c(=O)n1C. The predicted octanol–water partition coefficient (Wildman–Crippen LogP) is 0.753. The third-order valence-electron chi connectivity index (χ3n) is 3.61. The van der Waals surface area contributed by atoms with E-state index in [9.17, 15) is 14.4 Å². The number of aliphatic hydroxyl groups excluding tert-OH is 1. The van der Waals surface area contributed by atoms with E-state index in [0.29, 0.717) is 5.69 Å². The fraction of sp³-hybridized carbons (Fsp3) is 0.312. The zero-order valence-electron chi connectivity index (χ0n) is 14.9. The lowest BCUT2D eigenvalue weighted by Gasteiger charge is -2.17. The van der Waals surface area contributed by atoms with E-state index in [1.807, 2.05) is 24.5 Å². The van der Waals surface area contributed by atoms with Crippen molar-refractivity contribution in [1.29, 1.82) is 0 Å². The lowest BCUT2D eigenvalue weighted by atomic mass is 10.2. The molecule has 10 nitrogen and oxygen atoms in total. The van der Waals surface area contributed by atoms with Crippen molar-refractivity contribution in [3.63, 3.8) is 0 Å². The molecule has 1 amide bonds. The number of hydroxylamine groups is 1. The van der Waals surface area contributed by atoms with Crippen LogP contribution in [0.2, 0.25) is 0 Å². The second-order valence-electron chi connectivity index (χ2n) is 5.53. The number of benzene rings is 1. The van der Waals surface area contributed by atoms with Gasteiger partial charge in [0.15, 0.2) is 5.82 Å². The zero-order chi connectivity index (χ0) is 20.1. The monoisotopic (exact) mass is 490 g/mol. The molecule has 0 fully saturated rings. The number of hydrogen-bond acceptors (Lipinski definition) is 7. The van der Waals surface area contributed by atoms with Gasteiger partial charge in [0.2, 0.25) is 5.75 Å². The van der Waals surface area contributed by atoms with E-state index in [-0.39, 0.29) is 24.8 Å². The highest BCUT2D eigenvalue weighted by Crippen LogP contribution is 2.26. The fourth-order valence-electron chi connectivity index (χ4n) is 2.21. The largest absolute Gasteiger partial charge is 0.437 e. The van der Waals surface area contributed by atoms with Crippen LogP contribution < -0.4 is 26.8 Å². The molecule has 27 heavy (non-hydrogen) atoms. The minimum absolute atomic E-state index is 0.0183. The third kappa shape index (κ3) is 4.87. The Labute approximate surface area is 167 Å². The van der Waals surface area contributed by atoms with Gasteiger partial charge in [0.05, 0.1) is 13.2 Å². The summed E-state index contributed by atoms with van der Waals surface area (Å²) in [7, 11) is 2.72. The van der Waals surface area contributed by atoms with Crippen LogP contribution in [-0.4, -0.2) is 33.5 Å². The molecule has 0 atom stereocenters. The van der Waals surface area contributed by atoms with Crippen LogP contribution in [0.15, 0.2) is 27.8 Å². The van der Waals surface area contributed by atoms with Crippen molar-refractivity contribution in [2.24, 2.45) is 14.1 Å². The van der Waals surface area contributed by atoms with E-state index < -0.39 is 17.3 Å². The summed E-state index contributed by atoms with van der Waals surface area (Å²) in [6.45, 7) is 1.41. The molecule has 0 radical (unpaired) electrons. The van der Waals surface area contributed by atoms with Crippen LogP contribution in [0.25, 0.3) is 0 Å². The highest BCUT2D eigenvalue weighted by Gasteiger charge is 2.21. The summed E-state index contributed by atoms with van der Waals surface area (Å²) in [5.74, 6) is -0.354. The Hall–Kier alpha value is -2.38. The van der Waals surface area contributed by atoms with Gasteiger partial charge in [0.1, 0.15) is 0 Å². The van der Waals surface area contributed by atoms with Crippen LogP contribution in [0.3, 0.4) is 0 Å². The standard InChI is InChI=1S/C16H19IN4O6/c1-9-8-10(17)4-5-11(9)18-13-12(27-15(24)19-26-7-6-22)14(23)21(3)16(25)20(13)2/h4-5,8,18,22H,6-7H2,1-3H3,(H,19,24). The van der Waals surface area contributed by atoms with Crippen molar-refractivity contribution >= 4 is 40.2 Å². The second-order valence-corrected chi connectivity index (χ2v) is 6.78. The molecular formula is C16H19IN4O6. The topological polar surface area (TPSA) is 124 Å². The summed E-state index contributed by atoms with van der Waals surface area (Å²) >= 11 is 2.17. The van der Waals surface area contributed by atoms with Gasteiger partial charge in [-0.05, 0) is 53.3 Å². The molecule has 2 aromatic rings. The summed E-state index contributed by atoms with van der Waals surface area (Å²) in [6, 6.07) is 5.55. The predicted molar refractivity (Wildman–Crippen MR) is 106 cm³/mol. The van der Waals surface area contributed by atoms with Gasteiger partial charge in [-0.1, -0.05) is 0 Å². The van der Waals surface area contributed by atoms with Gasteiger partial charge in [-0.15, -0.1) is 0 Å². The number of ether oxygens (including phenoxy) is 1. The van der Waals surface area contributed by atoms with E-state index in [0.717, 1.165) is 18.3 Å². The van der Waals surface area contributed by atoms with Crippen LogP contribution in [0.1, 0.15) is 5.56 Å². The maximum atomic E-state index is 12.5. The average Bonchev–Trinajstić information content (AvgIpc) is 2.63. The van der Waals surface area contributed by atoms with Crippen molar-refractivity contribution in [1.82, 2.24) is 14.6 Å². The number of anilines is 2. The van der Waals surface area contributed by atoms with Crippen LogP contribution in [-0.2, 0) is 18.9 Å². The molecule has 2 rings (SSSR count). The first-order valence-corrected chi connectivity index (χ1v) is 8.87. The van der Waals surface area contributed by atoms with Crippen molar-refractivity contribution < 1.29 is 19.5 Å². The number of carbonyl (C=O) groups excluding carboxylic acids is 1. The molecule has 1 aromatic heterocycles. The Balaban J connectivity index is 2.47. The molecule has 0 bridgehead atoms. The Bertz CT molecular complexity index is 969. The van der Waals surface area contributed by atoms with Gasteiger partial charge >= 0.3 is 17.3 Å². The van der Waals surface area contributed by atoms with Crippen molar-refractivity contribution in [3.05, 3.63) is 48.2 Å². The molecule has 0 saturated carbocycles. The molecule has 0 aliphatic carbocycles. The van der Waals surface area contributed by atoms with Gasteiger partial charge in [0, 0.05) is 23.4 Å². The number of aliphatic hydroxyl groups is 1. The minimum Gasteiger partial charge on any atom is -0.399 e.